The van der Waals surface area contributed by atoms with E-state index >= 15 is 0 Å². The molecule has 7 heteroatoms. The first-order chi connectivity index (χ1) is 16.6. The van der Waals surface area contributed by atoms with Crippen molar-refractivity contribution in [1.29, 1.82) is 0 Å². The van der Waals surface area contributed by atoms with Crippen LogP contribution in [0.3, 0.4) is 0 Å². The molecule has 0 radical (unpaired) electrons. The Kier molecular flexibility index (Phi) is 5.60. The molecule has 0 aliphatic carbocycles. The minimum absolute atomic E-state index is 0.0330. The molecule has 0 atom stereocenters. The highest BCUT2D eigenvalue weighted by Gasteiger charge is 2.37. The number of anilines is 1. The molecule has 2 aromatic carbocycles. The minimum atomic E-state index is -0.437. The number of fused-ring (bicyclic) bond motifs is 1. The van der Waals surface area contributed by atoms with E-state index in [-0.39, 0.29) is 17.1 Å². The van der Waals surface area contributed by atoms with Gasteiger partial charge >= 0.3 is 0 Å². The standard InChI is InChI=1S/C28H32N6O/c1-27(2)16-18(17-28(3,4)33-27)31-26-30-14-12-24(32-26)34-15-13-21-19(10-7-11-23(21)34)20-8-5-6-9-22(20)25(29)35/h5-15,18,33H,16-17H2,1-4H3,(H2,29,35)(H,30,31,32). The lowest BCUT2D eigenvalue weighted by Crippen LogP contribution is -2.60. The summed E-state index contributed by atoms with van der Waals surface area (Å²) in [5, 5.41) is 8.31. The Morgan fingerprint density at radius 2 is 1.71 bits per heavy atom. The van der Waals surface area contributed by atoms with Crippen molar-refractivity contribution in [1.82, 2.24) is 19.9 Å². The van der Waals surface area contributed by atoms with E-state index in [0.29, 0.717) is 11.5 Å². The Morgan fingerprint density at radius 3 is 2.46 bits per heavy atom. The number of nitrogens with two attached hydrogens (primary N) is 1. The number of hydrogen-bond donors (Lipinski definition) is 3. The number of nitrogens with one attached hydrogen (secondary N) is 2. The molecule has 2 aromatic heterocycles. The highest BCUT2D eigenvalue weighted by molar-refractivity contribution is 6.05. The lowest BCUT2D eigenvalue weighted by molar-refractivity contribution is 0.100. The maximum absolute atomic E-state index is 12.0. The van der Waals surface area contributed by atoms with Crippen LogP contribution in [0, 0.1) is 0 Å². The Labute approximate surface area is 205 Å². The number of nitrogens with zero attached hydrogens (tertiary/aromatic N) is 3. The SMILES string of the molecule is CC1(C)CC(Nc2nccc(-n3ccc4c(-c5ccccc5C(N)=O)cccc43)n2)CC(C)(C)N1. The Morgan fingerprint density at radius 1 is 1.00 bits per heavy atom. The van der Waals surface area contributed by atoms with Crippen molar-refractivity contribution in [3.8, 4) is 16.9 Å². The van der Waals surface area contributed by atoms with Crippen molar-refractivity contribution in [2.45, 2.75) is 57.7 Å². The largest absolute Gasteiger partial charge is 0.366 e. The molecule has 0 unspecified atom stereocenters. The first-order valence-corrected chi connectivity index (χ1v) is 12.0. The predicted molar refractivity (Wildman–Crippen MR) is 141 cm³/mol. The van der Waals surface area contributed by atoms with E-state index in [1.54, 1.807) is 12.3 Å². The minimum Gasteiger partial charge on any atom is -0.366 e. The summed E-state index contributed by atoms with van der Waals surface area (Å²) in [5.74, 6) is 0.969. The Balaban J connectivity index is 1.49. The third-order valence-electron chi connectivity index (χ3n) is 6.63. The fourth-order valence-electron chi connectivity index (χ4n) is 5.69. The van der Waals surface area contributed by atoms with Crippen LogP contribution in [0.2, 0.25) is 0 Å². The molecule has 1 amide bonds. The molecule has 0 spiro atoms. The smallest absolute Gasteiger partial charge is 0.249 e. The molecule has 180 valence electrons. The summed E-state index contributed by atoms with van der Waals surface area (Å²) in [6.07, 6.45) is 5.77. The van der Waals surface area contributed by atoms with Gasteiger partial charge in [0.2, 0.25) is 11.9 Å². The van der Waals surface area contributed by atoms with Crippen molar-refractivity contribution < 1.29 is 4.79 Å². The van der Waals surface area contributed by atoms with Gasteiger partial charge in [-0.3, -0.25) is 4.79 Å². The van der Waals surface area contributed by atoms with Crippen LogP contribution in [0.4, 0.5) is 5.95 Å². The normalized spacial score (nSPS) is 17.4. The average Bonchev–Trinajstić information content (AvgIpc) is 3.21. The number of aromatic nitrogens is 3. The predicted octanol–water partition coefficient (Wildman–Crippen LogP) is 4.91. The van der Waals surface area contributed by atoms with Gasteiger partial charge in [-0.25, -0.2) is 4.98 Å². The summed E-state index contributed by atoms with van der Waals surface area (Å²) >= 11 is 0. The van der Waals surface area contributed by atoms with Gasteiger partial charge in [0, 0.05) is 40.5 Å². The number of benzene rings is 2. The number of piperidine rings is 1. The van der Waals surface area contributed by atoms with Crippen LogP contribution in [0.25, 0.3) is 27.8 Å². The third kappa shape index (κ3) is 4.64. The number of carbonyl (C=O) groups excluding carboxylic acids is 1. The van der Waals surface area contributed by atoms with Gasteiger partial charge < -0.3 is 20.9 Å². The molecular weight excluding hydrogens is 436 g/mol. The zero-order chi connectivity index (χ0) is 24.8. The fourth-order valence-corrected chi connectivity index (χ4v) is 5.69. The van der Waals surface area contributed by atoms with Crippen molar-refractivity contribution in [2.24, 2.45) is 5.73 Å². The van der Waals surface area contributed by atoms with Crippen LogP contribution in [-0.2, 0) is 0 Å². The summed E-state index contributed by atoms with van der Waals surface area (Å²) < 4.78 is 2.05. The van der Waals surface area contributed by atoms with Gasteiger partial charge in [-0.05, 0) is 75.9 Å². The topological polar surface area (TPSA) is 97.9 Å². The molecule has 5 rings (SSSR count). The lowest BCUT2D eigenvalue weighted by Gasteiger charge is -2.46. The first kappa shape index (κ1) is 23.1. The molecule has 3 heterocycles. The molecule has 0 saturated carbocycles. The van der Waals surface area contributed by atoms with Gasteiger partial charge in [0.15, 0.2) is 0 Å². The summed E-state index contributed by atoms with van der Waals surface area (Å²) in [7, 11) is 0. The van der Waals surface area contributed by atoms with Gasteiger partial charge in [-0.1, -0.05) is 30.3 Å². The molecule has 1 aliphatic heterocycles. The number of primary amides is 1. The van der Waals surface area contributed by atoms with Crippen molar-refractivity contribution in [3.05, 3.63) is 72.6 Å². The molecule has 35 heavy (non-hydrogen) atoms. The summed E-state index contributed by atoms with van der Waals surface area (Å²) in [6, 6.07) is 17.7. The van der Waals surface area contributed by atoms with Gasteiger partial charge in [0.05, 0.1) is 5.52 Å². The molecular formula is C28H32N6O. The molecule has 0 bridgehead atoms. The molecule has 1 fully saturated rings. The number of hydrogen-bond acceptors (Lipinski definition) is 5. The van der Waals surface area contributed by atoms with E-state index < -0.39 is 5.91 Å². The van der Waals surface area contributed by atoms with Gasteiger partial charge in [0.25, 0.3) is 0 Å². The van der Waals surface area contributed by atoms with Crippen LogP contribution < -0.4 is 16.4 Å². The number of carbonyl (C=O) groups is 1. The summed E-state index contributed by atoms with van der Waals surface area (Å²) in [5.41, 5.74) is 9.00. The van der Waals surface area contributed by atoms with Crippen LogP contribution in [-0.4, -0.2) is 37.6 Å². The summed E-state index contributed by atoms with van der Waals surface area (Å²) in [6.45, 7) is 8.94. The molecule has 4 aromatic rings. The second-order valence-electron chi connectivity index (χ2n) is 10.7. The number of amides is 1. The van der Waals surface area contributed by atoms with E-state index in [1.165, 1.54) is 0 Å². The molecule has 7 nitrogen and oxygen atoms in total. The molecule has 1 aliphatic rings. The van der Waals surface area contributed by atoms with Gasteiger partial charge in [-0.15, -0.1) is 0 Å². The zero-order valence-corrected chi connectivity index (χ0v) is 20.7. The quantitative estimate of drug-likeness (QED) is 0.387. The van der Waals surface area contributed by atoms with Crippen LogP contribution in [0.1, 0.15) is 50.9 Å². The van der Waals surface area contributed by atoms with Crippen LogP contribution in [0.5, 0.6) is 0 Å². The highest BCUT2D eigenvalue weighted by atomic mass is 16.1. The molecule has 1 saturated heterocycles. The third-order valence-corrected chi connectivity index (χ3v) is 6.63. The molecule has 4 N–H and O–H groups in total. The van der Waals surface area contributed by atoms with Crippen LogP contribution >= 0.6 is 0 Å². The van der Waals surface area contributed by atoms with Gasteiger partial charge in [0.1, 0.15) is 5.82 Å². The van der Waals surface area contributed by atoms with Crippen LogP contribution in [0.15, 0.2) is 67.0 Å². The van der Waals surface area contributed by atoms with E-state index in [9.17, 15) is 4.79 Å². The van der Waals surface area contributed by atoms with Gasteiger partial charge in [-0.2, -0.15) is 4.98 Å². The second-order valence-corrected chi connectivity index (χ2v) is 10.7. The fraction of sp³-hybridized carbons (Fsp3) is 0.321. The Hall–Kier alpha value is -3.71. The maximum Gasteiger partial charge on any atom is 0.249 e. The monoisotopic (exact) mass is 468 g/mol. The maximum atomic E-state index is 12.0. The van der Waals surface area contributed by atoms with E-state index in [2.05, 4.69) is 60.0 Å². The van der Waals surface area contributed by atoms with Crippen molar-refractivity contribution in [3.63, 3.8) is 0 Å². The van der Waals surface area contributed by atoms with Crippen molar-refractivity contribution in [2.75, 3.05) is 5.32 Å². The van der Waals surface area contributed by atoms with E-state index in [4.69, 9.17) is 10.7 Å². The van der Waals surface area contributed by atoms with Crippen molar-refractivity contribution >= 4 is 22.8 Å². The number of rotatable bonds is 5. The zero-order valence-electron chi connectivity index (χ0n) is 20.7. The Bertz CT molecular complexity index is 1390. The highest BCUT2D eigenvalue weighted by Crippen LogP contribution is 2.33. The summed E-state index contributed by atoms with van der Waals surface area (Å²) in [4.78, 5) is 21.4. The second kappa shape index (κ2) is 8.50. The average molecular weight is 469 g/mol. The van der Waals surface area contributed by atoms with E-state index in [0.717, 1.165) is 40.7 Å². The first-order valence-electron chi connectivity index (χ1n) is 12.0. The van der Waals surface area contributed by atoms with E-state index in [1.807, 2.05) is 42.6 Å². The lowest BCUT2D eigenvalue weighted by atomic mass is 9.80.